The molecule has 0 radical (unpaired) electrons. The van der Waals surface area contributed by atoms with Crippen molar-refractivity contribution in [1.29, 1.82) is 0 Å². The molecule has 2 N–H and O–H groups in total. The largest absolute Gasteiger partial charge is 0.502 e. The van der Waals surface area contributed by atoms with Crippen molar-refractivity contribution in [3.63, 3.8) is 0 Å². The van der Waals surface area contributed by atoms with Gasteiger partial charge in [0, 0.05) is 11.6 Å². The minimum atomic E-state index is -1.03. The molecule has 0 heterocycles. The van der Waals surface area contributed by atoms with E-state index in [1.165, 1.54) is 12.1 Å². The smallest absolute Gasteiger partial charge is 0.310 e. The zero-order valence-electron chi connectivity index (χ0n) is 11.9. The van der Waals surface area contributed by atoms with Crippen molar-refractivity contribution in [2.24, 2.45) is 0 Å². The van der Waals surface area contributed by atoms with Crippen molar-refractivity contribution in [1.82, 2.24) is 5.32 Å². The number of rotatable bonds is 4. The van der Waals surface area contributed by atoms with E-state index < -0.39 is 39.9 Å². The summed E-state index contributed by atoms with van der Waals surface area (Å²) in [6.07, 6.45) is 0. The monoisotopic (exact) mass is 322 g/mol. The van der Waals surface area contributed by atoms with Gasteiger partial charge in [-0.25, -0.2) is 8.78 Å². The standard InChI is InChI=1S/C15H12F2N2O4/c1-8(9-2-4-11(16)12(17)6-9)18-15(21)10-3-5-13(19(22)23)14(20)7-10/h2-8,20H,1H3,(H,18,21)/t8-/m1/s1. The Morgan fingerprint density at radius 2 is 1.91 bits per heavy atom. The summed E-state index contributed by atoms with van der Waals surface area (Å²) < 4.78 is 26.1. The minimum Gasteiger partial charge on any atom is -0.502 e. The topological polar surface area (TPSA) is 92.5 Å². The molecule has 1 amide bonds. The maximum absolute atomic E-state index is 13.2. The van der Waals surface area contributed by atoms with Gasteiger partial charge in [-0.15, -0.1) is 0 Å². The fourth-order valence-electron chi connectivity index (χ4n) is 1.96. The van der Waals surface area contributed by atoms with Gasteiger partial charge in [-0.2, -0.15) is 0 Å². The van der Waals surface area contributed by atoms with Crippen LogP contribution in [-0.2, 0) is 0 Å². The fraction of sp³-hybridized carbons (Fsp3) is 0.133. The van der Waals surface area contributed by atoms with E-state index in [4.69, 9.17) is 0 Å². The molecule has 0 aromatic heterocycles. The summed E-state index contributed by atoms with van der Waals surface area (Å²) in [6.45, 7) is 1.57. The lowest BCUT2D eigenvalue weighted by Crippen LogP contribution is -2.26. The molecule has 0 aliphatic rings. The van der Waals surface area contributed by atoms with Gasteiger partial charge in [-0.3, -0.25) is 14.9 Å². The Labute approximate surface area is 129 Å². The van der Waals surface area contributed by atoms with Gasteiger partial charge in [-0.1, -0.05) is 6.07 Å². The third-order valence-corrected chi connectivity index (χ3v) is 3.23. The molecule has 0 fully saturated rings. The molecule has 0 saturated carbocycles. The zero-order valence-corrected chi connectivity index (χ0v) is 11.9. The average Bonchev–Trinajstić information content (AvgIpc) is 2.49. The Kier molecular flexibility index (Phi) is 4.54. The SMILES string of the molecule is C[C@@H](NC(=O)c1ccc([N+](=O)[O-])c(O)c1)c1ccc(F)c(F)c1. The molecule has 23 heavy (non-hydrogen) atoms. The second kappa shape index (κ2) is 6.39. The van der Waals surface area contributed by atoms with Gasteiger partial charge in [-0.05, 0) is 36.8 Å². The van der Waals surface area contributed by atoms with Crippen molar-refractivity contribution < 1.29 is 23.6 Å². The number of phenols is 1. The van der Waals surface area contributed by atoms with Crippen LogP contribution in [0.25, 0.3) is 0 Å². The fourth-order valence-corrected chi connectivity index (χ4v) is 1.96. The van der Waals surface area contributed by atoms with Crippen LogP contribution in [0.3, 0.4) is 0 Å². The van der Waals surface area contributed by atoms with Gasteiger partial charge in [0.1, 0.15) is 0 Å². The second-order valence-electron chi connectivity index (χ2n) is 4.83. The number of aromatic hydroxyl groups is 1. The summed E-state index contributed by atoms with van der Waals surface area (Å²) >= 11 is 0. The first-order valence-electron chi connectivity index (χ1n) is 6.53. The molecule has 2 aromatic carbocycles. The molecule has 0 spiro atoms. The van der Waals surface area contributed by atoms with Gasteiger partial charge in [0.05, 0.1) is 11.0 Å². The number of carbonyl (C=O) groups excluding carboxylic acids is 1. The quantitative estimate of drug-likeness (QED) is 0.668. The van der Waals surface area contributed by atoms with E-state index in [1.54, 1.807) is 6.92 Å². The van der Waals surface area contributed by atoms with Crippen LogP contribution in [0.4, 0.5) is 14.5 Å². The van der Waals surface area contributed by atoms with Crippen molar-refractivity contribution in [2.75, 3.05) is 0 Å². The highest BCUT2D eigenvalue weighted by molar-refractivity contribution is 5.95. The highest BCUT2D eigenvalue weighted by Crippen LogP contribution is 2.26. The minimum absolute atomic E-state index is 0.00235. The first kappa shape index (κ1) is 16.3. The third-order valence-electron chi connectivity index (χ3n) is 3.23. The number of benzene rings is 2. The maximum Gasteiger partial charge on any atom is 0.310 e. The summed E-state index contributed by atoms with van der Waals surface area (Å²) in [7, 11) is 0. The van der Waals surface area contributed by atoms with Gasteiger partial charge in [0.2, 0.25) is 0 Å². The maximum atomic E-state index is 13.2. The van der Waals surface area contributed by atoms with Crippen LogP contribution in [0.15, 0.2) is 36.4 Å². The van der Waals surface area contributed by atoms with Crippen molar-refractivity contribution >= 4 is 11.6 Å². The van der Waals surface area contributed by atoms with E-state index in [0.717, 1.165) is 24.3 Å². The van der Waals surface area contributed by atoms with E-state index in [1.807, 2.05) is 0 Å². The lowest BCUT2D eigenvalue weighted by molar-refractivity contribution is -0.385. The van der Waals surface area contributed by atoms with Crippen LogP contribution in [0.1, 0.15) is 28.9 Å². The van der Waals surface area contributed by atoms with Gasteiger partial charge < -0.3 is 10.4 Å². The Morgan fingerprint density at radius 1 is 1.22 bits per heavy atom. The molecule has 0 aliphatic heterocycles. The van der Waals surface area contributed by atoms with Crippen LogP contribution in [-0.4, -0.2) is 15.9 Å². The lowest BCUT2D eigenvalue weighted by Gasteiger charge is -2.14. The van der Waals surface area contributed by atoms with E-state index in [0.29, 0.717) is 5.56 Å². The van der Waals surface area contributed by atoms with E-state index in [9.17, 15) is 28.8 Å². The van der Waals surface area contributed by atoms with Crippen molar-refractivity contribution in [3.8, 4) is 5.75 Å². The van der Waals surface area contributed by atoms with Gasteiger partial charge >= 0.3 is 5.69 Å². The number of nitrogens with zero attached hydrogens (tertiary/aromatic N) is 1. The molecule has 120 valence electrons. The Morgan fingerprint density at radius 3 is 2.48 bits per heavy atom. The summed E-state index contributed by atoms with van der Waals surface area (Å²) in [6, 6.07) is 5.77. The predicted octanol–water partition coefficient (Wildman–Crippen LogP) is 3.07. The number of amides is 1. The molecule has 0 unspecified atom stereocenters. The molecule has 2 rings (SSSR count). The van der Waals surface area contributed by atoms with E-state index in [2.05, 4.69) is 5.32 Å². The van der Waals surface area contributed by atoms with Crippen LogP contribution in [0.5, 0.6) is 5.75 Å². The first-order chi connectivity index (χ1) is 10.8. The molecular weight excluding hydrogens is 310 g/mol. The molecule has 0 bridgehead atoms. The third kappa shape index (κ3) is 3.60. The second-order valence-corrected chi connectivity index (χ2v) is 4.83. The van der Waals surface area contributed by atoms with Crippen molar-refractivity contribution in [2.45, 2.75) is 13.0 Å². The highest BCUT2D eigenvalue weighted by atomic mass is 19.2. The predicted molar refractivity (Wildman–Crippen MR) is 77.0 cm³/mol. The zero-order chi connectivity index (χ0) is 17.1. The number of nitrogens with one attached hydrogen (secondary N) is 1. The number of nitro groups is 1. The molecule has 0 aliphatic carbocycles. The highest BCUT2D eigenvalue weighted by Gasteiger charge is 2.18. The summed E-state index contributed by atoms with van der Waals surface area (Å²) in [5.41, 5.74) is -0.166. The first-order valence-corrected chi connectivity index (χ1v) is 6.53. The average molecular weight is 322 g/mol. The number of hydrogen-bond donors (Lipinski definition) is 2. The van der Waals surface area contributed by atoms with Crippen LogP contribution in [0, 0.1) is 21.7 Å². The van der Waals surface area contributed by atoms with E-state index >= 15 is 0 Å². The molecule has 1 atom stereocenters. The van der Waals surface area contributed by atoms with Gasteiger partial charge in [0.25, 0.3) is 5.91 Å². The molecule has 6 nitrogen and oxygen atoms in total. The Balaban J connectivity index is 2.16. The number of hydrogen-bond acceptors (Lipinski definition) is 4. The number of carbonyl (C=O) groups is 1. The van der Waals surface area contributed by atoms with Crippen LogP contribution < -0.4 is 5.32 Å². The summed E-state index contributed by atoms with van der Waals surface area (Å²) in [5, 5.41) is 22.6. The van der Waals surface area contributed by atoms with Crippen LogP contribution in [0.2, 0.25) is 0 Å². The van der Waals surface area contributed by atoms with Crippen molar-refractivity contribution in [3.05, 3.63) is 69.3 Å². The van der Waals surface area contributed by atoms with Gasteiger partial charge in [0.15, 0.2) is 17.4 Å². The summed E-state index contributed by atoms with van der Waals surface area (Å²) in [4.78, 5) is 21.9. The normalized spacial score (nSPS) is 11.8. The number of nitro benzene ring substituents is 1. The number of halogens is 2. The Bertz CT molecular complexity index is 780. The lowest BCUT2D eigenvalue weighted by atomic mass is 10.1. The molecule has 8 heteroatoms. The molecule has 2 aromatic rings. The summed E-state index contributed by atoms with van der Waals surface area (Å²) in [5.74, 6) is -3.28. The Hall–Kier alpha value is -3.03. The molecule has 0 saturated heterocycles. The van der Waals surface area contributed by atoms with E-state index in [-0.39, 0.29) is 5.56 Å². The number of phenolic OH excluding ortho intramolecular Hbond substituents is 1. The van der Waals surface area contributed by atoms with Crippen LogP contribution >= 0.6 is 0 Å². The molecular formula is C15H12F2N2O4.